The zero-order chi connectivity index (χ0) is 34.7. The predicted octanol–water partition coefficient (Wildman–Crippen LogP) is 6.79. The van der Waals surface area contributed by atoms with Crippen molar-refractivity contribution in [2.45, 2.75) is 103 Å². The first-order valence-corrected chi connectivity index (χ1v) is 17.8. The number of amides is 1. The van der Waals surface area contributed by atoms with Gasteiger partial charge in [-0.15, -0.1) is 16.9 Å². The number of esters is 1. The first-order valence-electron chi connectivity index (χ1n) is 16.7. The van der Waals surface area contributed by atoms with Gasteiger partial charge in [0.25, 0.3) is 0 Å². The van der Waals surface area contributed by atoms with Crippen LogP contribution < -0.4 is 10.9 Å². The molecule has 1 amide bonds. The molecule has 2 heterocycles. The normalized spacial score (nSPS) is 17.0. The average molecular weight is 683 g/mol. The Labute approximate surface area is 287 Å². The molecule has 0 aliphatic heterocycles. The molecule has 11 nitrogen and oxygen atoms in total. The monoisotopic (exact) mass is 682 g/mol. The second kappa shape index (κ2) is 17.3. The minimum atomic E-state index is -0.697. The van der Waals surface area contributed by atoms with E-state index in [4.69, 9.17) is 18.6 Å². The number of nitrogens with one attached hydrogen (secondary N) is 1. The summed E-state index contributed by atoms with van der Waals surface area (Å²) in [6.45, 7) is 11.8. The van der Waals surface area contributed by atoms with Gasteiger partial charge in [-0.3, -0.25) is 9.59 Å². The molecule has 0 saturated carbocycles. The van der Waals surface area contributed by atoms with Gasteiger partial charge in [0, 0.05) is 17.6 Å². The van der Waals surface area contributed by atoms with Gasteiger partial charge in [-0.1, -0.05) is 29.5 Å². The lowest BCUT2D eigenvalue weighted by Gasteiger charge is -2.27. The van der Waals surface area contributed by atoms with E-state index in [-0.39, 0.29) is 23.3 Å². The molecule has 0 radical (unpaired) electrons. The van der Waals surface area contributed by atoms with E-state index in [1.165, 1.54) is 18.9 Å². The summed E-state index contributed by atoms with van der Waals surface area (Å²) in [6, 6.07) is 6.98. The lowest BCUT2D eigenvalue weighted by atomic mass is 9.96. The first kappa shape index (κ1) is 37.3. The number of carbonyl (C=O) groups excluding carboxylic acids is 2. The van der Waals surface area contributed by atoms with Crippen molar-refractivity contribution in [3.05, 3.63) is 53.0 Å². The SMILES string of the molecule is COC(=O)CC(SCC1CC/C=C\CCC1)C(=O)Nc1cc2ccc(-c3cn(CCOC(C)(C)CCOC(C)(C)C)nn3)cc2oc1=O. The third kappa shape index (κ3) is 11.9. The summed E-state index contributed by atoms with van der Waals surface area (Å²) < 4.78 is 24.1. The summed E-state index contributed by atoms with van der Waals surface area (Å²) in [7, 11) is 1.30. The van der Waals surface area contributed by atoms with E-state index in [0.717, 1.165) is 49.8 Å². The molecule has 0 fully saturated rings. The number of carbonyl (C=O) groups is 2. The smallest absolute Gasteiger partial charge is 0.360 e. The summed E-state index contributed by atoms with van der Waals surface area (Å²) in [5.74, 6) is 0.303. The number of rotatable bonds is 15. The molecule has 12 heteroatoms. The van der Waals surface area contributed by atoms with Crippen LogP contribution in [0.1, 0.15) is 79.6 Å². The van der Waals surface area contributed by atoms with Crippen molar-refractivity contribution in [3.63, 3.8) is 0 Å². The van der Waals surface area contributed by atoms with Crippen molar-refractivity contribution in [1.82, 2.24) is 15.0 Å². The number of fused-ring (bicyclic) bond motifs is 1. The quantitative estimate of drug-likeness (QED) is 0.104. The highest BCUT2D eigenvalue weighted by Gasteiger charge is 2.26. The summed E-state index contributed by atoms with van der Waals surface area (Å²) in [5.41, 5.74) is 0.523. The topological polar surface area (TPSA) is 135 Å². The van der Waals surface area contributed by atoms with Crippen LogP contribution in [0.15, 0.2) is 51.8 Å². The number of nitrogens with zero attached hydrogens (tertiary/aromatic N) is 3. The molecule has 0 spiro atoms. The van der Waals surface area contributed by atoms with Crippen LogP contribution in [0.25, 0.3) is 22.2 Å². The van der Waals surface area contributed by atoms with Crippen LogP contribution in [0, 0.1) is 5.92 Å². The molecule has 4 rings (SSSR count). The zero-order valence-corrected chi connectivity index (χ0v) is 29.9. The van der Waals surface area contributed by atoms with Crippen LogP contribution in [0.4, 0.5) is 5.69 Å². The maximum Gasteiger partial charge on any atom is 0.360 e. The number of ether oxygens (including phenoxy) is 3. The van der Waals surface area contributed by atoms with Gasteiger partial charge in [-0.05, 0) is 96.9 Å². The molecule has 1 N–H and O–H groups in total. The fourth-order valence-corrected chi connectivity index (χ4v) is 6.62. The highest BCUT2D eigenvalue weighted by molar-refractivity contribution is 8.00. The third-order valence-corrected chi connectivity index (χ3v) is 9.62. The molecule has 0 saturated heterocycles. The largest absolute Gasteiger partial charge is 0.469 e. The molecule has 2 unspecified atom stereocenters. The lowest BCUT2D eigenvalue weighted by Crippen LogP contribution is -2.30. The number of anilines is 1. The van der Waals surface area contributed by atoms with E-state index in [9.17, 15) is 14.4 Å². The van der Waals surface area contributed by atoms with E-state index >= 15 is 0 Å². The number of methoxy groups -OCH3 is 1. The Morgan fingerprint density at radius 1 is 1.08 bits per heavy atom. The van der Waals surface area contributed by atoms with Crippen LogP contribution >= 0.6 is 11.8 Å². The van der Waals surface area contributed by atoms with Crippen LogP contribution in [-0.2, 0) is 30.3 Å². The number of thioether (sulfide) groups is 1. The Bertz CT molecular complexity index is 1610. The maximum atomic E-state index is 13.3. The Kier molecular flexibility index (Phi) is 13.4. The Morgan fingerprint density at radius 2 is 1.88 bits per heavy atom. The van der Waals surface area contributed by atoms with Gasteiger partial charge in [0.15, 0.2) is 0 Å². The molecule has 2 atom stereocenters. The van der Waals surface area contributed by atoms with Crippen LogP contribution in [0.5, 0.6) is 0 Å². The van der Waals surface area contributed by atoms with Crippen molar-refractivity contribution in [2.75, 3.05) is 31.4 Å². The standard InChI is InChI=1S/C36H50N4O7S/c1-35(2,3)45-18-16-36(4,5)46-19-17-40-23-29(38-39-40)26-14-15-27-20-28(34(43)47-30(27)21-26)37-33(42)31(22-32(41)44-6)48-24-25-12-10-8-7-9-11-13-25/h7-8,14-15,20-21,23,25,31H,9-13,16-19,22,24H2,1-6H3,(H,37,42)/b8-7-. The van der Waals surface area contributed by atoms with E-state index in [1.54, 1.807) is 22.9 Å². The predicted molar refractivity (Wildman–Crippen MR) is 189 cm³/mol. The second-order valence-corrected chi connectivity index (χ2v) is 15.1. The van der Waals surface area contributed by atoms with Crippen molar-refractivity contribution in [1.29, 1.82) is 0 Å². The molecule has 262 valence electrons. The van der Waals surface area contributed by atoms with Gasteiger partial charge in [-0.25, -0.2) is 9.48 Å². The van der Waals surface area contributed by atoms with Crippen LogP contribution in [0.2, 0.25) is 0 Å². The molecular weight excluding hydrogens is 632 g/mol. The van der Waals surface area contributed by atoms with Crippen molar-refractivity contribution < 1.29 is 28.2 Å². The van der Waals surface area contributed by atoms with Crippen LogP contribution in [-0.4, -0.2) is 69.4 Å². The summed E-state index contributed by atoms with van der Waals surface area (Å²) in [5, 5.41) is 11.2. The fourth-order valence-electron chi connectivity index (χ4n) is 5.32. The van der Waals surface area contributed by atoms with Gasteiger partial charge in [-0.2, -0.15) is 0 Å². The minimum absolute atomic E-state index is 0.0191. The fraction of sp³-hybridized carbons (Fsp3) is 0.583. The summed E-state index contributed by atoms with van der Waals surface area (Å²) >= 11 is 1.44. The average Bonchev–Trinajstić information content (AvgIpc) is 3.47. The molecule has 1 aliphatic carbocycles. The highest BCUT2D eigenvalue weighted by Crippen LogP contribution is 2.28. The molecular formula is C36H50N4O7S. The molecule has 0 bridgehead atoms. The summed E-state index contributed by atoms with van der Waals surface area (Å²) in [6.07, 6.45) is 12.3. The van der Waals surface area contributed by atoms with Gasteiger partial charge in [0.05, 0.1) is 49.3 Å². The lowest BCUT2D eigenvalue weighted by molar-refractivity contribution is -0.141. The van der Waals surface area contributed by atoms with Gasteiger partial charge >= 0.3 is 11.6 Å². The third-order valence-electron chi connectivity index (χ3n) is 8.18. The first-order chi connectivity index (χ1) is 22.8. The van der Waals surface area contributed by atoms with E-state index < -0.39 is 22.8 Å². The van der Waals surface area contributed by atoms with E-state index in [0.29, 0.717) is 42.3 Å². The summed E-state index contributed by atoms with van der Waals surface area (Å²) in [4.78, 5) is 38.5. The van der Waals surface area contributed by atoms with Gasteiger partial charge in [0.1, 0.15) is 17.0 Å². The molecule has 1 aliphatic rings. The number of hydrogen-bond acceptors (Lipinski definition) is 10. The van der Waals surface area contributed by atoms with Crippen molar-refractivity contribution in [2.24, 2.45) is 5.92 Å². The van der Waals surface area contributed by atoms with Gasteiger partial charge in [0.2, 0.25) is 5.91 Å². The second-order valence-electron chi connectivity index (χ2n) is 13.8. The highest BCUT2D eigenvalue weighted by atomic mass is 32.2. The molecule has 1 aromatic carbocycles. The molecule has 48 heavy (non-hydrogen) atoms. The Hall–Kier alpha value is -3.48. The minimum Gasteiger partial charge on any atom is -0.469 e. The maximum absolute atomic E-state index is 13.3. The molecule has 3 aromatic rings. The number of aromatic nitrogens is 3. The number of hydrogen-bond donors (Lipinski definition) is 1. The Morgan fingerprint density at radius 3 is 2.65 bits per heavy atom. The van der Waals surface area contributed by atoms with Crippen LogP contribution in [0.3, 0.4) is 0 Å². The van der Waals surface area contributed by atoms with Gasteiger partial charge < -0.3 is 23.9 Å². The zero-order valence-electron chi connectivity index (χ0n) is 29.1. The molecule has 2 aromatic heterocycles. The Balaban J connectivity index is 1.37. The van der Waals surface area contributed by atoms with E-state index in [2.05, 4.69) is 27.8 Å². The van der Waals surface area contributed by atoms with Crippen molar-refractivity contribution >= 4 is 40.3 Å². The van der Waals surface area contributed by atoms with E-state index in [1.807, 2.05) is 46.9 Å². The number of benzene rings is 1. The number of allylic oxidation sites excluding steroid dienone is 2. The van der Waals surface area contributed by atoms with Crippen molar-refractivity contribution in [3.8, 4) is 11.3 Å².